The second kappa shape index (κ2) is 31.2. The average Bonchev–Trinajstić information content (AvgIpc) is 3.71. The number of guanidine groups is 1. The molecule has 0 bridgehead atoms. The molecule has 1 rings (SSSR count). The van der Waals surface area contributed by atoms with E-state index in [-0.39, 0.29) is 56.6 Å². The molecular formula is C42H79N13O8S. The van der Waals surface area contributed by atoms with E-state index in [0.29, 0.717) is 76.6 Å². The number of primary amides is 1. The summed E-state index contributed by atoms with van der Waals surface area (Å²) in [5.41, 5.74) is 27.9. The van der Waals surface area contributed by atoms with Gasteiger partial charge in [0.1, 0.15) is 42.3 Å². The Kier molecular flexibility index (Phi) is 28.0. The van der Waals surface area contributed by atoms with Crippen molar-refractivity contribution in [2.24, 2.45) is 45.5 Å². The van der Waals surface area contributed by atoms with Crippen LogP contribution in [0.5, 0.6) is 0 Å². The number of nitrogens with two attached hydrogens (primary N) is 5. The maximum Gasteiger partial charge on any atom is 0.245 e. The zero-order valence-corrected chi connectivity index (χ0v) is 39.7. The van der Waals surface area contributed by atoms with Gasteiger partial charge in [-0.05, 0) is 120 Å². The third kappa shape index (κ3) is 22.3. The van der Waals surface area contributed by atoms with Crippen molar-refractivity contribution in [3.63, 3.8) is 0 Å². The Labute approximate surface area is 383 Å². The topological polar surface area (TPSA) is 354 Å². The highest BCUT2D eigenvalue weighted by Gasteiger charge is 2.40. The summed E-state index contributed by atoms with van der Waals surface area (Å²) in [5, 5.41) is 16.5. The van der Waals surface area contributed by atoms with E-state index in [4.69, 9.17) is 28.7 Å². The van der Waals surface area contributed by atoms with Gasteiger partial charge in [0.15, 0.2) is 5.96 Å². The number of thioether (sulfide) groups is 1. The Balaban J connectivity index is 3.40. The number of rotatable bonds is 32. The molecule has 0 spiro atoms. The Hall–Kier alpha value is -4.70. The number of likely N-dealkylation sites (tertiary alicyclic amines) is 1. The highest BCUT2D eigenvalue weighted by molar-refractivity contribution is 7.98. The van der Waals surface area contributed by atoms with Gasteiger partial charge >= 0.3 is 0 Å². The van der Waals surface area contributed by atoms with Gasteiger partial charge < -0.3 is 65.5 Å². The fraction of sp³-hybridized carbons (Fsp3) is 0.786. The Morgan fingerprint density at radius 1 is 0.625 bits per heavy atom. The molecule has 16 N–H and O–H groups in total. The van der Waals surface area contributed by atoms with Gasteiger partial charge in [-0.15, -0.1) is 0 Å². The standard InChI is InChI=1S/C42H79N13O8S/c1-25(2)23-32(49-27(5)56)39(61)52-30(15-11-20-48-42(46)47)36(58)53-31(17-22-64-6)38(60)51-29(14-8-10-19-44)37(59)54-33(24-26(3)4)41(63)55-21-12-16-34(55)40(62)50-28(35(45)57)13-7-9-18-43/h25-26,28-34H,7-24,43-44H2,1-6H3,(H2,45,57)(H,49,56)(H,50,62)(H,51,60)(H,52,61)(H,53,58)(H,54,59)(H4,46,47,48)/t28-,29-,30-,31-,32-,33-,34-/m0/s1. The first-order chi connectivity index (χ1) is 30.2. The lowest BCUT2D eigenvalue weighted by molar-refractivity contribution is -0.142. The number of carbonyl (C=O) groups excluding carboxylic acids is 8. The van der Waals surface area contributed by atoms with Gasteiger partial charge in [-0.25, -0.2) is 0 Å². The van der Waals surface area contributed by atoms with Gasteiger partial charge in [0.05, 0.1) is 0 Å². The number of hydrogen-bond donors (Lipinski definition) is 11. The molecule has 366 valence electrons. The van der Waals surface area contributed by atoms with E-state index >= 15 is 0 Å². The molecule has 0 unspecified atom stereocenters. The largest absolute Gasteiger partial charge is 0.370 e. The summed E-state index contributed by atoms with van der Waals surface area (Å²) < 4.78 is 0. The van der Waals surface area contributed by atoms with Gasteiger partial charge in [0.25, 0.3) is 0 Å². The number of amides is 8. The second-order valence-corrected chi connectivity index (χ2v) is 18.2. The van der Waals surface area contributed by atoms with Gasteiger partial charge in [-0.3, -0.25) is 43.3 Å². The van der Waals surface area contributed by atoms with Crippen molar-refractivity contribution in [3.8, 4) is 0 Å². The quantitative estimate of drug-likeness (QED) is 0.0209. The maximum absolute atomic E-state index is 14.2. The molecule has 0 aromatic rings. The third-order valence-electron chi connectivity index (χ3n) is 10.6. The summed E-state index contributed by atoms with van der Waals surface area (Å²) in [6.07, 6.45) is 6.49. The first-order valence-electron chi connectivity index (χ1n) is 22.6. The van der Waals surface area contributed by atoms with Gasteiger partial charge in [0.2, 0.25) is 47.3 Å². The minimum atomic E-state index is -1.14. The van der Waals surface area contributed by atoms with E-state index in [1.54, 1.807) is 0 Å². The van der Waals surface area contributed by atoms with E-state index in [2.05, 4.69) is 36.9 Å². The number of unbranched alkanes of at least 4 members (excludes halogenated alkanes) is 2. The van der Waals surface area contributed by atoms with Crippen LogP contribution in [-0.4, -0.2) is 139 Å². The van der Waals surface area contributed by atoms with E-state index in [1.165, 1.54) is 23.6 Å². The van der Waals surface area contributed by atoms with Crippen LogP contribution in [-0.2, 0) is 38.4 Å². The van der Waals surface area contributed by atoms with Crippen LogP contribution in [0.1, 0.15) is 118 Å². The molecule has 7 atom stereocenters. The number of nitrogens with one attached hydrogen (secondary N) is 6. The summed E-state index contributed by atoms with van der Waals surface area (Å²) in [5.74, 6) is -4.34. The molecule has 0 radical (unpaired) electrons. The SMILES string of the molecule is CSCC[C@H](NC(=O)[C@H](CCCN=C(N)N)NC(=O)[C@H](CC(C)C)NC(C)=O)C(=O)N[C@@H](CCCCN)C(=O)N[C@@H](CC(C)C)C(=O)N1CCC[C@H]1C(=O)N[C@@H](CCCCN)C(N)=O. The third-order valence-corrected chi connectivity index (χ3v) is 11.2. The van der Waals surface area contributed by atoms with Crippen LogP contribution in [0.4, 0.5) is 0 Å². The van der Waals surface area contributed by atoms with E-state index in [0.717, 1.165) is 0 Å². The maximum atomic E-state index is 14.2. The predicted octanol–water partition coefficient (Wildman–Crippen LogP) is -1.45. The lowest BCUT2D eigenvalue weighted by Crippen LogP contribution is -2.60. The minimum Gasteiger partial charge on any atom is -0.370 e. The number of hydrogen-bond acceptors (Lipinski definition) is 12. The van der Waals surface area contributed by atoms with Crippen molar-refractivity contribution in [2.45, 2.75) is 160 Å². The lowest BCUT2D eigenvalue weighted by atomic mass is 10.0. The molecule has 0 aliphatic carbocycles. The summed E-state index contributed by atoms with van der Waals surface area (Å²) in [4.78, 5) is 113. The fourth-order valence-corrected chi connectivity index (χ4v) is 7.79. The molecule has 22 heteroatoms. The zero-order valence-electron chi connectivity index (χ0n) is 38.9. The Bertz CT molecular complexity index is 1550. The molecule has 0 saturated carbocycles. The normalized spacial score (nSPS) is 16.4. The number of carbonyl (C=O) groups is 8. The average molecular weight is 926 g/mol. The predicted molar refractivity (Wildman–Crippen MR) is 249 cm³/mol. The van der Waals surface area contributed by atoms with Crippen molar-refractivity contribution in [2.75, 3.05) is 38.2 Å². The lowest BCUT2D eigenvalue weighted by Gasteiger charge is -2.31. The molecular weight excluding hydrogens is 847 g/mol. The molecule has 1 saturated heterocycles. The Morgan fingerprint density at radius 3 is 1.56 bits per heavy atom. The van der Waals surface area contributed by atoms with E-state index in [9.17, 15) is 38.4 Å². The molecule has 21 nitrogen and oxygen atoms in total. The summed E-state index contributed by atoms with van der Waals surface area (Å²) >= 11 is 1.44. The first kappa shape index (κ1) is 57.3. The van der Waals surface area contributed by atoms with Crippen molar-refractivity contribution in [3.05, 3.63) is 0 Å². The molecule has 0 aromatic heterocycles. The van der Waals surface area contributed by atoms with Crippen LogP contribution in [0.25, 0.3) is 0 Å². The van der Waals surface area contributed by atoms with Crippen LogP contribution >= 0.6 is 11.8 Å². The van der Waals surface area contributed by atoms with Gasteiger partial charge in [-0.2, -0.15) is 11.8 Å². The number of nitrogens with zero attached hydrogens (tertiary/aromatic N) is 2. The minimum absolute atomic E-state index is 0.0353. The van der Waals surface area contributed by atoms with Gasteiger partial charge in [0, 0.05) is 20.0 Å². The number of aliphatic imine (C=N–C) groups is 1. The highest BCUT2D eigenvalue weighted by atomic mass is 32.2. The monoisotopic (exact) mass is 926 g/mol. The Morgan fingerprint density at radius 2 is 1.09 bits per heavy atom. The molecule has 1 heterocycles. The summed E-state index contributed by atoms with van der Waals surface area (Å²) in [7, 11) is 0. The summed E-state index contributed by atoms with van der Waals surface area (Å²) in [6.45, 7) is 10.0. The zero-order chi connectivity index (χ0) is 48.4. The van der Waals surface area contributed by atoms with Crippen LogP contribution in [0.2, 0.25) is 0 Å². The van der Waals surface area contributed by atoms with Crippen molar-refractivity contribution in [1.29, 1.82) is 0 Å². The first-order valence-corrected chi connectivity index (χ1v) is 24.0. The summed E-state index contributed by atoms with van der Waals surface area (Å²) in [6, 6.07) is -7.21. The van der Waals surface area contributed by atoms with Crippen molar-refractivity contribution in [1.82, 2.24) is 36.8 Å². The van der Waals surface area contributed by atoms with Crippen LogP contribution in [0.15, 0.2) is 4.99 Å². The molecule has 8 amide bonds. The fourth-order valence-electron chi connectivity index (χ4n) is 7.32. The second-order valence-electron chi connectivity index (χ2n) is 17.2. The van der Waals surface area contributed by atoms with E-state index < -0.39 is 89.6 Å². The smallest absolute Gasteiger partial charge is 0.245 e. The van der Waals surface area contributed by atoms with Crippen molar-refractivity contribution >= 4 is 65.0 Å². The van der Waals surface area contributed by atoms with Crippen molar-refractivity contribution < 1.29 is 38.4 Å². The molecule has 1 fully saturated rings. The molecule has 1 aliphatic rings. The van der Waals surface area contributed by atoms with Crippen LogP contribution in [0.3, 0.4) is 0 Å². The highest BCUT2D eigenvalue weighted by Crippen LogP contribution is 2.21. The molecule has 64 heavy (non-hydrogen) atoms. The molecule has 0 aromatic carbocycles. The van der Waals surface area contributed by atoms with Crippen LogP contribution < -0.4 is 60.6 Å². The van der Waals surface area contributed by atoms with Gasteiger partial charge in [-0.1, -0.05) is 27.7 Å². The molecule has 1 aliphatic heterocycles. The van der Waals surface area contributed by atoms with Crippen LogP contribution in [0, 0.1) is 11.8 Å². The van der Waals surface area contributed by atoms with E-state index in [1.807, 2.05) is 34.0 Å².